The van der Waals surface area contributed by atoms with E-state index < -0.39 is 27.9 Å². The Bertz CT molecular complexity index is 1050. The van der Waals surface area contributed by atoms with Gasteiger partial charge in [0.15, 0.2) is 0 Å². The second-order valence-corrected chi connectivity index (χ2v) is 8.95. The summed E-state index contributed by atoms with van der Waals surface area (Å²) in [6.07, 6.45) is 1.05. The maximum absolute atomic E-state index is 12.8. The molecule has 0 saturated carbocycles. The van der Waals surface area contributed by atoms with E-state index in [2.05, 4.69) is 10.1 Å². The van der Waals surface area contributed by atoms with Crippen LogP contribution in [0.25, 0.3) is 0 Å². The van der Waals surface area contributed by atoms with Gasteiger partial charge in [0, 0.05) is 5.69 Å². The molecule has 0 heterocycles. The molecular weight excluding hydrogens is 416 g/mol. The third kappa shape index (κ3) is 5.27. The summed E-state index contributed by atoms with van der Waals surface area (Å²) < 4.78 is 30.6. The van der Waals surface area contributed by atoms with Crippen molar-refractivity contribution in [1.82, 2.24) is 0 Å². The van der Waals surface area contributed by atoms with Crippen LogP contribution in [-0.2, 0) is 19.6 Å². The molecule has 0 fully saturated rings. The van der Waals surface area contributed by atoms with Crippen LogP contribution < -0.4 is 9.62 Å². The highest BCUT2D eigenvalue weighted by molar-refractivity contribution is 7.92. The number of amides is 1. The number of sulfonamides is 1. The highest BCUT2D eigenvalue weighted by atomic mass is 35.5. The molecule has 0 saturated heterocycles. The predicted octanol–water partition coefficient (Wildman–Crippen LogP) is 3.54. The fourth-order valence-corrected chi connectivity index (χ4v) is 4.15. The normalized spacial score (nSPS) is 12.2. The Morgan fingerprint density at radius 1 is 1.10 bits per heavy atom. The minimum Gasteiger partial charge on any atom is -0.465 e. The largest absolute Gasteiger partial charge is 0.465 e. The number of esters is 1. The van der Waals surface area contributed by atoms with Crippen molar-refractivity contribution < 1.29 is 22.7 Å². The van der Waals surface area contributed by atoms with Crippen LogP contribution >= 0.6 is 11.6 Å². The lowest BCUT2D eigenvalue weighted by molar-refractivity contribution is -0.116. The first kappa shape index (κ1) is 22.7. The highest BCUT2D eigenvalue weighted by Gasteiger charge is 2.29. The van der Waals surface area contributed by atoms with Gasteiger partial charge in [-0.3, -0.25) is 9.10 Å². The molecule has 0 aromatic heterocycles. The van der Waals surface area contributed by atoms with Crippen LogP contribution in [0, 0.1) is 13.8 Å². The maximum atomic E-state index is 12.8. The molecule has 0 radical (unpaired) electrons. The number of hydrogen-bond donors (Lipinski definition) is 1. The molecule has 1 N–H and O–H groups in total. The fourth-order valence-electron chi connectivity index (χ4n) is 2.79. The number of methoxy groups -OCH3 is 1. The second kappa shape index (κ2) is 8.84. The lowest BCUT2D eigenvalue weighted by Crippen LogP contribution is -2.45. The summed E-state index contributed by atoms with van der Waals surface area (Å²) in [6, 6.07) is 8.48. The predicted molar refractivity (Wildman–Crippen MR) is 114 cm³/mol. The van der Waals surface area contributed by atoms with Crippen molar-refractivity contribution >= 4 is 44.9 Å². The maximum Gasteiger partial charge on any atom is 0.339 e. The number of nitrogens with one attached hydrogen (secondary N) is 1. The van der Waals surface area contributed by atoms with E-state index in [1.807, 2.05) is 13.8 Å². The van der Waals surface area contributed by atoms with Crippen molar-refractivity contribution in [3.63, 3.8) is 0 Å². The van der Waals surface area contributed by atoms with E-state index in [-0.39, 0.29) is 10.6 Å². The summed E-state index contributed by atoms with van der Waals surface area (Å²) in [7, 11) is -2.52. The average molecular weight is 439 g/mol. The molecule has 0 unspecified atom stereocenters. The summed E-state index contributed by atoms with van der Waals surface area (Å²) in [5, 5.41) is 2.80. The van der Waals surface area contributed by atoms with Gasteiger partial charge in [-0.25, -0.2) is 13.2 Å². The van der Waals surface area contributed by atoms with E-state index >= 15 is 0 Å². The third-order valence-corrected chi connectivity index (χ3v) is 6.04. The molecule has 29 heavy (non-hydrogen) atoms. The van der Waals surface area contributed by atoms with Gasteiger partial charge in [-0.05, 0) is 62.2 Å². The number of anilines is 2. The van der Waals surface area contributed by atoms with Gasteiger partial charge in [-0.2, -0.15) is 0 Å². The fraction of sp³-hybridized carbons (Fsp3) is 0.300. The molecular formula is C20H23ClN2O5S. The molecule has 7 nitrogen and oxygen atoms in total. The summed E-state index contributed by atoms with van der Waals surface area (Å²) in [5.74, 6) is -1.21. The zero-order valence-electron chi connectivity index (χ0n) is 16.8. The minimum absolute atomic E-state index is 0.0914. The number of rotatable bonds is 6. The number of carbonyl (C=O) groups excluding carboxylic acids is 2. The SMILES string of the molecule is COC(=O)c1cc(NC(=O)[C@@H](C)N(c2ccc(C)c(C)c2)S(C)(=O)=O)ccc1Cl. The molecule has 0 spiro atoms. The van der Waals surface area contributed by atoms with E-state index in [4.69, 9.17) is 11.6 Å². The van der Waals surface area contributed by atoms with E-state index in [0.29, 0.717) is 11.4 Å². The molecule has 156 valence electrons. The molecule has 2 aromatic carbocycles. The van der Waals surface area contributed by atoms with Crippen LogP contribution in [0.2, 0.25) is 5.02 Å². The third-order valence-electron chi connectivity index (χ3n) is 4.47. The first-order valence-corrected chi connectivity index (χ1v) is 10.9. The van der Waals surface area contributed by atoms with Crippen molar-refractivity contribution in [1.29, 1.82) is 0 Å². The topological polar surface area (TPSA) is 92.8 Å². The minimum atomic E-state index is -3.74. The summed E-state index contributed by atoms with van der Waals surface area (Å²) in [6.45, 7) is 5.27. The van der Waals surface area contributed by atoms with Crippen molar-refractivity contribution in [3.8, 4) is 0 Å². The van der Waals surface area contributed by atoms with Crippen molar-refractivity contribution in [2.45, 2.75) is 26.8 Å². The first-order valence-electron chi connectivity index (χ1n) is 8.71. The Morgan fingerprint density at radius 2 is 1.76 bits per heavy atom. The van der Waals surface area contributed by atoms with E-state index in [9.17, 15) is 18.0 Å². The molecule has 0 aliphatic carbocycles. The Balaban J connectivity index is 2.35. The van der Waals surface area contributed by atoms with Crippen LogP contribution in [-0.4, -0.2) is 39.7 Å². The van der Waals surface area contributed by atoms with E-state index in [0.717, 1.165) is 21.7 Å². The Morgan fingerprint density at radius 3 is 2.31 bits per heavy atom. The number of nitrogens with zero attached hydrogens (tertiary/aromatic N) is 1. The Hall–Kier alpha value is -2.58. The van der Waals surface area contributed by atoms with Gasteiger partial charge in [0.2, 0.25) is 15.9 Å². The molecule has 0 aliphatic rings. The highest BCUT2D eigenvalue weighted by Crippen LogP contribution is 2.25. The second-order valence-electron chi connectivity index (χ2n) is 6.68. The zero-order chi connectivity index (χ0) is 21.9. The standard InChI is InChI=1S/C20H23ClN2O5S/c1-12-6-8-16(10-13(12)2)23(29(5,26)27)14(3)19(24)22-15-7-9-18(21)17(11-15)20(25)28-4/h6-11,14H,1-5H3,(H,22,24)/t14-/m1/s1. The van der Waals surface area contributed by atoms with Crippen LogP contribution in [0.3, 0.4) is 0 Å². The lowest BCUT2D eigenvalue weighted by Gasteiger charge is -2.28. The number of benzene rings is 2. The van der Waals surface area contributed by atoms with Gasteiger partial charge in [-0.15, -0.1) is 0 Å². The van der Waals surface area contributed by atoms with Gasteiger partial charge in [0.25, 0.3) is 0 Å². The van der Waals surface area contributed by atoms with Crippen molar-refractivity contribution in [2.75, 3.05) is 23.0 Å². The number of ether oxygens (including phenoxy) is 1. The van der Waals surface area contributed by atoms with Crippen LogP contribution in [0.1, 0.15) is 28.4 Å². The number of hydrogen-bond acceptors (Lipinski definition) is 5. The van der Waals surface area contributed by atoms with Gasteiger partial charge in [0.1, 0.15) is 6.04 Å². The number of carbonyl (C=O) groups is 2. The lowest BCUT2D eigenvalue weighted by atomic mass is 10.1. The molecule has 1 atom stereocenters. The molecule has 2 rings (SSSR count). The Labute approximate surface area is 175 Å². The van der Waals surface area contributed by atoms with Crippen LogP contribution in [0.4, 0.5) is 11.4 Å². The van der Waals surface area contributed by atoms with Crippen LogP contribution in [0.15, 0.2) is 36.4 Å². The van der Waals surface area contributed by atoms with Gasteiger partial charge in [0.05, 0.1) is 29.6 Å². The van der Waals surface area contributed by atoms with Gasteiger partial charge in [-0.1, -0.05) is 17.7 Å². The average Bonchev–Trinajstić information content (AvgIpc) is 2.64. The summed E-state index contributed by atoms with van der Waals surface area (Å²) in [4.78, 5) is 24.6. The van der Waals surface area contributed by atoms with E-state index in [1.54, 1.807) is 18.2 Å². The van der Waals surface area contributed by atoms with Gasteiger partial charge >= 0.3 is 5.97 Å². The zero-order valence-corrected chi connectivity index (χ0v) is 18.4. The molecule has 9 heteroatoms. The molecule has 2 aromatic rings. The quantitative estimate of drug-likeness (QED) is 0.696. The summed E-state index contributed by atoms with van der Waals surface area (Å²) in [5.41, 5.74) is 2.69. The molecule has 0 bridgehead atoms. The van der Waals surface area contributed by atoms with Crippen molar-refractivity contribution in [2.24, 2.45) is 0 Å². The first-order chi connectivity index (χ1) is 13.5. The van der Waals surface area contributed by atoms with Gasteiger partial charge < -0.3 is 10.1 Å². The number of halogens is 1. The molecule has 1 amide bonds. The smallest absolute Gasteiger partial charge is 0.339 e. The molecule has 0 aliphatic heterocycles. The monoisotopic (exact) mass is 438 g/mol. The Kier molecular flexibility index (Phi) is 6.92. The van der Waals surface area contributed by atoms with Crippen LogP contribution in [0.5, 0.6) is 0 Å². The van der Waals surface area contributed by atoms with E-state index in [1.165, 1.54) is 32.2 Å². The summed E-state index contributed by atoms with van der Waals surface area (Å²) >= 11 is 5.99. The van der Waals surface area contributed by atoms with Crippen molar-refractivity contribution in [3.05, 3.63) is 58.1 Å². The number of aryl methyl sites for hydroxylation is 2.